The van der Waals surface area contributed by atoms with Crippen LogP contribution in [0.1, 0.15) is 23.8 Å². The van der Waals surface area contributed by atoms with Gasteiger partial charge in [-0.3, -0.25) is 9.69 Å². The molecule has 0 N–H and O–H groups in total. The van der Waals surface area contributed by atoms with Crippen molar-refractivity contribution >= 4 is 21.8 Å². The van der Waals surface area contributed by atoms with Crippen LogP contribution in [0.25, 0.3) is 0 Å². The molecule has 0 aromatic carbocycles. The summed E-state index contributed by atoms with van der Waals surface area (Å²) in [5, 5.41) is 0. The fourth-order valence-corrected chi connectivity index (χ4v) is 2.61. The van der Waals surface area contributed by atoms with Crippen molar-refractivity contribution in [1.82, 2.24) is 14.8 Å². The van der Waals surface area contributed by atoms with Crippen molar-refractivity contribution in [3.05, 3.63) is 28.5 Å². The van der Waals surface area contributed by atoms with E-state index in [9.17, 15) is 4.79 Å². The van der Waals surface area contributed by atoms with Crippen LogP contribution in [0.15, 0.2) is 22.8 Å². The van der Waals surface area contributed by atoms with E-state index >= 15 is 0 Å². The lowest BCUT2D eigenvalue weighted by atomic mass is 10.2. The third kappa shape index (κ3) is 3.09. The Morgan fingerprint density at radius 3 is 2.72 bits per heavy atom. The average molecular weight is 312 g/mol. The average Bonchev–Trinajstić information content (AvgIpc) is 2.40. The van der Waals surface area contributed by atoms with Gasteiger partial charge in [-0.05, 0) is 41.0 Å². The number of nitrogens with zero attached hydrogens (tertiary/aromatic N) is 3. The van der Waals surface area contributed by atoms with Gasteiger partial charge in [0, 0.05) is 36.8 Å². The first kappa shape index (κ1) is 13.5. The molecular formula is C13H18BrN3O. The zero-order chi connectivity index (χ0) is 13.0. The second kappa shape index (κ2) is 6.29. The molecule has 0 aliphatic carbocycles. The van der Waals surface area contributed by atoms with Crippen LogP contribution in [-0.2, 0) is 0 Å². The second-order valence-corrected chi connectivity index (χ2v) is 5.32. The van der Waals surface area contributed by atoms with Gasteiger partial charge >= 0.3 is 0 Å². The predicted octanol–water partition coefficient (Wildman–Crippen LogP) is 2.01. The summed E-state index contributed by atoms with van der Waals surface area (Å²) in [7, 11) is 0. The molecule has 1 amide bonds. The Bertz CT molecular complexity index is 416. The number of hydrogen-bond donors (Lipinski definition) is 0. The minimum absolute atomic E-state index is 0.0265. The molecule has 1 aromatic rings. The van der Waals surface area contributed by atoms with Crippen molar-refractivity contribution in [2.24, 2.45) is 0 Å². The van der Waals surface area contributed by atoms with Gasteiger partial charge in [0.15, 0.2) is 0 Å². The summed E-state index contributed by atoms with van der Waals surface area (Å²) < 4.78 is 0.769. The van der Waals surface area contributed by atoms with Crippen LogP contribution in [0, 0.1) is 0 Å². The zero-order valence-electron chi connectivity index (χ0n) is 10.6. The fraction of sp³-hybridized carbons (Fsp3) is 0.538. The third-order valence-corrected chi connectivity index (χ3v) is 3.80. The molecule has 1 aliphatic heterocycles. The van der Waals surface area contributed by atoms with E-state index in [1.807, 2.05) is 17.0 Å². The molecular weight excluding hydrogens is 294 g/mol. The van der Waals surface area contributed by atoms with E-state index in [0.29, 0.717) is 5.69 Å². The van der Waals surface area contributed by atoms with Gasteiger partial charge in [0.2, 0.25) is 0 Å². The number of amides is 1. The fourth-order valence-electron chi connectivity index (χ4n) is 2.18. The summed E-state index contributed by atoms with van der Waals surface area (Å²) in [6.07, 6.45) is 2.82. The number of carbonyl (C=O) groups is 1. The van der Waals surface area contributed by atoms with E-state index in [4.69, 9.17) is 0 Å². The van der Waals surface area contributed by atoms with Crippen molar-refractivity contribution in [2.75, 3.05) is 32.7 Å². The number of hydrogen-bond acceptors (Lipinski definition) is 3. The van der Waals surface area contributed by atoms with E-state index < -0.39 is 0 Å². The SMILES string of the molecule is CCCN1CCN(C(=O)c2ncccc2Br)CC1. The van der Waals surface area contributed by atoms with E-state index in [1.165, 1.54) is 6.42 Å². The molecule has 98 valence electrons. The lowest BCUT2D eigenvalue weighted by molar-refractivity contribution is 0.0631. The van der Waals surface area contributed by atoms with Gasteiger partial charge in [-0.15, -0.1) is 0 Å². The number of halogens is 1. The van der Waals surface area contributed by atoms with Gasteiger partial charge in [0.25, 0.3) is 5.91 Å². The van der Waals surface area contributed by atoms with E-state index in [2.05, 4.69) is 32.7 Å². The molecule has 4 nitrogen and oxygen atoms in total. The van der Waals surface area contributed by atoms with Gasteiger partial charge in [-0.2, -0.15) is 0 Å². The van der Waals surface area contributed by atoms with Crippen molar-refractivity contribution < 1.29 is 4.79 Å². The standard InChI is InChI=1S/C13H18BrN3O/c1-2-6-16-7-9-17(10-8-16)13(18)12-11(14)4-3-5-15-12/h3-5H,2,6-10H2,1H3. The highest BCUT2D eigenvalue weighted by atomic mass is 79.9. The molecule has 0 saturated carbocycles. The molecule has 2 heterocycles. The molecule has 0 bridgehead atoms. The van der Waals surface area contributed by atoms with E-state index in [-0.39, 0.29) is 5.91 Å². The van der Waals surface area contributed by atoms with Crippen molar-refractivity contribution in [1.29, 1.82) is 0 Å². The molecule has 0 radical (unpaired) electrons. The molecule has 1 aromatic heterocycles. The molecule has 1 fully saturated rings. The Hall–Kier alpha value is -0.940. The lowest BCUT2D eigenvalue weighted by Gasteiger charge is -2.34. The molecule has 18 heavy (non-hydrogen) atoms. The monoisotopic (exact) mass is 311 g/mol. The summed E-state index contributed by atoms with van der Waals surface area (Å²) in [5.74, 6) is 0.0265. The first-order chi connectivity index (χ1) is 8.72. The van der Waals surface area contributed by atoms with Gasteiger partial charge in [0.05, 0.1) is 0 Å². The van der Waals surface area contributed by atoms with Crippen molar-refractivity contribution in [3.63, 3.8) is 0 Å². The highest BCUT2D eigenvalue weighted by molar-refractivity contribution is 9.10. The maximum Gasteiger partial charge on any atom is 0.273 e. The number of piperazine rings is 1. The summed E-state index contributed by atoms with van der Waals surface area (Å²) in [4.78, 5) is 20.7. The van der Waals surface area contributed by atoms with Crippen LogP contribution in [0.5, 0.6) is 0 Å². The Morgan fingerprint density at radius 1 is 1.39 bits per heavy atom. The van der Waals surface area contributed by atoms with E-state index in [0.717, 1.165) is 37.2 Å². The normalized spacial score (nSPS) is 16.9. The number of pyridine rings is 1. The maximum absolute atomic E-state index is 12.3. The first-order valence-electron chi connectivity index (χ1n) is 6.34. The maximum atomic E-state index is 12.3. The highest BCUT2D eigenvalue weighted by Crippen LogP contribution is 2.16. The van der Waals surface area contributed by atoms with Gasteiger partial charge in [-0.1, -0.05) is 6.92 Å². The predicted molar refractivity (Wildman–Crippen MR) is 74.6 cm³/mol. The van der Waals surface area contributed by atoms with E-state index in [1.54, 1.807) is 6.20 Å². The van der Waals surface area contributed by atoms with Gasteiger partial charge < -0.3 is 4.90 Å². The second-order valence-electron chi connectivity index (χ2n) is 4.47. The van der Waals surface area contributed by atoms with Crippen LogP contribution < -0.4 is 0 Å². The molecule has 0 atom stereocenters. The first-order valence-corrected chi connectivity index (χ1v) is 7.14. The number of rotatable bonds is 3. The zero-order valence-corrected chi connectivity index (χ0v) is 12.2. The summed E-state index contributed by atoms with van der Waals surface area (Å²) >= 11 is 3.38. The topological polar surface area (TPSA) is 36.4 Å². The molecule has 5 heteroatoms. The Labute approximate surface area is 116 Å². The number of aromatic nitrogens is 1. The molecule has 1 aliphatic rings. The Balaban J connectivity index is 1.98. The highest BCUT2D eigenvalue weighted by Gasteiger charge is 2.23. The summed E-state index contributed by atoms with van der Waals surface area (Å²) in [6.45, 7) is 6.82. The minimum Gasteiger partial charge on any atom is -0.335 e. The molecule has 2 rings (SSSR count). The quantitative estimate of drug-likeness (QED) is 0.857. The summed E-state index contributed by atoms with van der Waals surface area (Å²) in [6, 6.07) is 3.67. The van der Waals surface area contributed by atoms with Crippen LogP contribution in [-0.4, -0.2) is 53.4 Å². The molecule has 0 unspecified atom stereocenters. The van der Waals surface area contributed by atoms with Gasteiger partial charge in [-0.25, -0.2) is 4.98 Å². The van der Waals surface area contributed by atoms with Crippen LogP contribution in [0.4, 0.5) is 0 Å². The van der Waals surface area contributed by atoms with Crippen molar-refractivity contribution in [3.8, 4) is 0 Å². The minimum atomic E-state index is 0.0265. The largest absolute Gasteiger partial charge is 0.335 e. The van der Waals surface area contributed by atoms with Gasteiger partial charge in [0.1, 0.15) is 5.69 Å². The number of carbonyl (C=O) groups excluding carboxylic acids is 1. The lowest BCUT2D eigenvalue weighted by Crippen LogP contribution is -2.49. The molecule has 0 spiro atoms. The van der Waals surface area contributed by atoms with Crippen LogP contribution in [0.2, 0.25) is 0 Å². The Morgan fingerprint density at radius 2 is 2.11 bits per heavy atom. The molecule has 1 saturated heterocycles. The summed E-state index contributed by atoms with van der Waals surface area (Å²) in [5.41, 5.74) is 0.515. The van der Waals surface area contributed by atoms with Crippen LogP contribution in [0.3, 0.4) is 0 Å². The Kier molecular flexibility index (Phi) is 4.72. The van der Waals surface area contributed by atoms with Crippen molar-refractivity contribution in [2.45, 2.75) is 13.3 Å². The smallest absolute Gasteiger partial charge is 0.273 e. The third-order valence-electron chi connectivity index (χ3n) is 3.16. The van der Waals surface area contributed by atoms with Crippen LogP contribution >= 0.6 is 15.9 Å².